The van der Waals surface area contributed by atoms with E-state index in [1.165, 1.54) is 6.08 Å². The van der Waals surface area contributed by atoms with E-state index in [1.807, 2.05) is 19.9 Å². The molecule has 0 bridgehead atoms. The molecule has 28 heavy (non-hydrogen) atoms. The number of nitrogens with two attached hydrogens (primary N) is 1. The zero-order valence-corrected chi connectivity index (χ0v) is 15.8. The highest BCUT2D eigenvalue weighted by atomic mass is 16.6. The van der Waals surface area contributed by atoms with E-state index in [1.54, 1.807) is 23.4 Å². The monoisotopic (exact) mass is 382 g/mol. The van der Waals surface area contributed by atoms with Crippen molar-refractivity contribution in [2.24, 2.45) is 5.73 Å². The number of aromatic amines is 1. The van der Waals surface area contributed by atoms with E-state index >= 15 is 0 Å². The Kier molecular flexibility index (Phi) is 5.49. The van der Waals surface area contributed by atoms with E-state index in [0.29, 0.717) is 37.4 Å². The Bertz CT molecular complexity index is 964. The van der Waals surface area contributed by atoms with Gasteiger partial charge in [0.15, 0.2) is 0 Å². The molecule has 2 aromatic heterocycles. The quantitative estimate of drug-likeness (QED) is 0.611. The summed E-state index contributed by atoms with van der Waals surface area (Å²) in [6.07, 6.45) is 4.45. The molecule has 0 atom stereocenters. The fourth-order valence-electron chi connectivity index (χ4n) is 3.04. The number of carbonyl (C=O) groups excluding carboxylic acids is 2. The Hall–Kier alpha value is -3.54. The van der Waals surface area contributed by atoms with Crippen LogP contribution in [0, 0.1) is 11.3 Å². The smallest absolute Gasteiger partial charge is 0.410 e. The molecule has 0 aromatic carbocycles. The number of hydrogen-bond donors (Lipinski definition) is 2. The molecular formula is C19H22N6O3. The number of ether oxygens (including phenoxy) is 1. The highest BCUT2D eigenvalue weighted by molar-refractivity contribution is 6.03. The van der Waals surface area contributed by atoms with Crippen molar-refractivity contribution in [1.29, 1.82) is 5.26 Å². The van der Waals surface area contributed by atoms with Gasteiger partial charge < -0.3 is 25.3 Å². The maximum atomic E-state index is 12.0. The second kappa shape index (κ2) is 8.00. The predicted molar refractivity (Wildman–Crippen MR) is 104 cm³/mol. The first-order chi connectivity index (χ1) is 13.4. The molecule has 0 unspecified atom stereocenters. The molecule has 0 spiro atoms. The Balaban J connectivity index is 1.78. The summed E-state index contributed by atoms with van der Waals surface area (Å²) in [5.74, 6) is -0.773. The normalized spacial score (nSPS) is 15.0. The number of H-pyrrole nitrogens is 1. The number of pyridine rings is 1. The van der Waals surface area contributed by atoms with Gasteiger partial charge >= 0.3 is 6.09 Å². The van der Waals surface area contributed by atoms with Gasteiger partial charge in [0.2, 0.25) is 0 Å². The lowest BCUT2D eigenvalue weighted by molar-refractivity contribution is -0.114. The molecule has 0 aliphatic carbocycles. The minimum absolute atomic E-state index is 0.122. The molecule has 1 fully saturated rings. The Morgan fingerprint density at radius 3 is 2.68 bits per heavy atom. The van der Waals surface area contributed by atoms with Crippen LogP contribution in [-0.4, -0.2) is 59.2 Å². The summed E-state index contributed by atoms with van der Waals surface area (Å²) in [6.45, 7) is 6.08. The van der Waals surface area contributed by atoms with Gasteiger partial charge in [-0.3, -0.25) is 4.79 Å². The van der Waals surface area contributed by atoms with Gasteiger partial charge in [0.1, 0.15) is 17.3 Å². The van der Waals surface area contributed by atoms with E-state index in [9.17, 15) is 9.59 Å². The van der Waals surface area contributed by atoms with Crippen LogP contribution in [0.4, 0.5) is 10.5 Å². The van der Waals surface area contributed by atoms with Crippen LogP contribution >= 0.6 is 0 Å². The number of amides is 2. The van der Waals surface area contributed by atoms with E-state index in [-0.39, 0.29) is 17.8 Å². The van der Waals surface area contributed by atoms with Crippen molar-refractivity contribution in [1.82, 2.24) is 14.9 Å². The number of hydrogen-bond acceptors (Lipinski definition) is 6. The van der Waals surface area contributed by atoms with Gasteiger partial charge in [0, 0.05) is 43.3 Å². The maximum absolute atomic E-state index is 12.0. The first kappa shape index (κ1) is 19.2. The van der Waals surface area contributed by atoms with Crippen LogP contribution in [0.1, 0.15) is 19.4 Å². The van der Waals surface area contributed by atoms with Crippen molar-refractivity contribution in [2.45, 2.75) is 20.0 Å². The van der Waals surface area contributed by atoms with Crippen LogP contribution in [0.3, 0.4) is 0 Å². The first-order valence-corrected chi connectivity index (χ1v) is 8.98. The summed E-state index contributed by atoms with van der Waals surface area (Å²) < 4.78 is 5.24. The van der Waals surface area contributed by atoms with Crippen LogP contribution in [0.25, 0.3) is 17.1 Å². The van der Waals surface area contributed by atoms with Crippen molar-refractivity contribution in [2.75, 3.05) is 31.1 Å². The largest absolute Gasteiger partial charge is 0.447 e. The number of nitrogens with one attached hydrogen (secondary N) is 1. The molecule has 0 saturated carbocycles. The molecule has 9 nitrogen and oxygen atoms in total. The fourth-order valence-corrected chi connectivity index (χ4v) is 3.04. The van der Waals surface area contributed by atoms with Crippen molar-refractivity contribution in [3.05, 3.63) is 29.6 Å². The Morgan fingerprint density at radius 2 is 2.07 bits per heavy atom. The summed E-state index contributed by atoms with van der Waals surface area (Å²) in [5, 5.41) is 9.84. The lowest BCUT2D eigenvalue weighted by Crippen LogP contribution is -2.49. The molecule has 1 saturated heterocycles. The molecule has 1 aliphatic rings. The highest BCUT2D eigenvalue weighted by Crippen LogP contribution is 2.25. The van der Waals surface area contributed by atoms with Gasteiger partial charge in [-0.2, -0.15) is 5.26 Å². The number of aromatic nitrogens is 2. The summed E-state index contributed by atoms with van der Waals surface area (Å²) in [7, 11) is 0. The zero-order chi connectivity index (χ0) is 20.3. The minimum Gasteiger partial charge on any atom is -0.447 e. The summed E-state index contributed by atoms with van der Waals surface area (Å²) in [6, 6.07) is 3.75. The predicted octanol–water partition coefficient (Wildman–Crippen LogP) is 1.62. The maximum Gasteiger partial charge on any atom is 0.410 e. The van der Waals surface area contributed by atoms with E-state index in [0.717, 1.165) is 11.1 Å². The van der Waals surface area contributed by atoms with Gasteiger partial charge in [-0.15, -0.1) is 0 Å². The molecule has 2 amide bonds. The number of anilines is 1. The fraction of sp³-hybridized carbons (Fsp3) is 0.368. The number of piperazine rings is 1. The standard InChI is InChI=1S/C19H22N6O3/c1-12(2)28-19(27)25-5-3-24(4-6-25)15-8-16-14(7-13(9-20)17(21)26)10-22-18(16)23-11-15/h7-8,10-12H,3-6H2,1-2H3,(H2,21,26)(H,22,23)/b13-7-. The number of nitriles is 1. The minimum atomic E-state index is -0.773. The van der Waals surface area contributed by atoms with Gasteiger partial charge in [-0.25, -0.2) is 9.78 Å². The second-order valence-corrected chi connectivity index (χ2v) is 6.77. The first-order valence-electron chi connectivity index (χ1n) is 8.98. The van der Waals surface area contributed by atoms with Crippen molar-refractivity contribution >= 4 is 34.8 Å². The third kappa shape index (κ3) is 4.06. The van der Waals surface area contributed by atoms with Gasteiger partial charge in [0.25, 0.3) is 5.91 Å². The Morgan fingerprint density at radius 1 is 1.36 bits per heavy atom. The number of nitrogens with zero attached hydrogens (tertiary/aromatic N) is 4. The molecule has 1 aliphatic heterocycles. The highest BCUT2D eigenvalue weighted by Gasteiger charge is 2.23. The molecule has 0 radical (unpaired) electrons. The van der Waals surface area contributed by atoms with Crippen LogP contribution in [0.5, 0.6) is 0 Å². The number of primary amides is 1. The molecule has 146 valence electrons. The van der Waals surface area contributed by atoms with Gasteiger partial charge in [0.05, 0.1) is 18.0 Å². The average molecular weight is 382 g/mol. The summed E-state index contributed by atoms with van der Waals surface area (Å²) in [5.41, 5.74) is 7.31. The molecule has 3 heterocycles. The summed E-state index contributed by atoms with van der Waals surface area (Å²) >= 11 is 0. The van der Waals surface area contributed by atoms with E-state index in [2.05, 4.69) is 14.9 Å². The Labute approximate surface area is 162 Å². The van der Waals surface area contributed by atoms with E-state index in [4.69, 9.17) is 15.7 Å². The van der Waals surface area contributed by atoms with Crippen molar-refractivity contribution < 1.29 is 14.3 Å². The van der Waals surface area contributed by atoms with Crippen LogP contribution in [0.15, 0.2) is 24.0 Å². The zero-order valence-electron chi connectivity index (χ0n) is 15.8. The van der Waals surface area contributed by atoms with Crippen molar-refractivity contribution in [3.63, 3.8) is 0 Å². The van der Waals surface area contributed by atoms with Crippen LogP contribution in [-0.2, 0) is 9.53 Å². The topological polar surface area (TPSA) is 128 Å². The SMILES string of the molecule is CC(C)OC(=O)N1CCN(c2cnc3[nH]cc(/C=C(/C#N)C(N)=O)c3c2)CC1. The number of fused-ring (bicyclic) bond motifs is 1. The molecule has 9 heteroatoms. The lowest BCUT2D eigenvalue weighted by Gasteiger charge is -2.35. The summed E-state index contributed by atoms with van der Waals surface area (Å²) in [4.78, 5) is 34.6. The van der Waals surface area contributed by atoms with Gasteiger partial charge in [-0.1, -0.05) is 0 Å². The third-order valence-corrected chi connectivity index (χ3v) is 4.47. The number of carbonyl (C=O) groups is 2. The van der Waals surface area contributed by atoms with Gasteiger partial charge in [-0.05, 0) is 26.0 Å². The molecular weight excluding hydrogens is 360 g/mol. The van der Waals surface area contributed by atoms with Crippen LogP contribution in [0.2, 0.25) is 0 Å². The third-order valence-electron chi connectivity index (χ3n) is 4.47. The van der Waals surface area contributed by atoms with E-state index < -0.39 is 5.91 Å². The molecule has 3 N–H and O–H groups in total. The number of rotatable bonds is 4. The average Bonchev–Trinajstić information content (AvgIpc) is 3.07. The molecule has 3 rings (SSSR count). The lowest BCUT2D eigenvalue weighted by atomic mass is 10.1. The second-order valence-electron chi connectivity index (χ2n) is 6.77. The van der Waals surface area contributed by atoms with Crippen LogP contribution < -0.4 is 10.6 Å². The molecule has 2 aromatic rings. The van der Waals surface area contributed by atoms with Crippen molar-refractivity contribution in [3.8, 4) is 6.07 Å².